The van der Waals surface area contributed by atoms with E-state index in [0.717, 1.165) is 5.69 Å². The van der Waals surface area contributed by atoms with Crippen molar-refractivity contribution in [3.05, 3.63) is 48.3 Å². The number of hydrogen-bond acceptors (Lipinski definition) is 4. The molecule has 0 aliphatic rings. The molecule has 0 aromatic heterocycles. The van der Waals surface area contributed by atoms with E-state index in [2.05, 4.69) is 10.6 Å². The third-order valence-electron chi connectivity index (χ3n) is 3.19. The van der Waals surface area contributed by atoms with Crippen LogP contribution in [0.5, 0.6) is 11.5 Å². The Balaban J connectivity index is 1.83. The quantitative estimate of drug-likeness (QED) is 0.822. The minimum atomic E-state index is -0.290. The van der Waals surface area contributed by atoms with Crippen molar-refractivity contribution in [3.8, 4) is 11.5 Å². The maximum atomic E-state index is 12.8. The summed E-state index contributed by atoms with van der Waals surface area (Å²) in [6, 6.07) is 11.2. The SMILES string of the molecule is COc1ccc(NC(=O)CCNc2ccc(F)cc2)cc1OC. The standard InChI is InChI=1S/C17H19FN2O3/c1-22-15-8-7-14(11-16(15)23-2)20-17(21)9-10-19-13-5-3-12(18)4-6-13/h3-8,11,19H,9-10H2,1-2H3,(H,20,21). The highest BCUT2D eigenvalue weighted by atomic mass is 19.1. The molecule has 122 valence electrons. The number of benzene rings is 2. The summed E-state index contributed by atoms with van der Waals surface area (Å²) in [6.45, 7) is 0.449. The van der Waals surface area contributed by atoms with Crippen LogP contribution in [-0.2, 0) is 4.79 Å². The highest BCUT2D eigenvalue weighted by Crippen LogP contribution is 2.29. The second kappa shape index (κ2) is 8.03. The van der Waals surface area contributed by atoms with Gasteiger partial charge in [-0.1, -0.05) is 0 Å². The molecule has 2 rings (SSSR count). The fourth-order valence-corrected chi connectivity index (χ4v) is 2.03. The van der Waals surface area contributed by atoms with E-state index in [1.165, 1.54) is 19.2 Å². The number of amides is 1. The summed E-state index contributed by atoms with van der Waals surface area (Å²) in [6.07, 6.45) is 0.283. The van der Waals surface area contributed by atoms with Gasteiger partial charge >= 0.3 is 0 Å². The molecule has 0 saturated carbocycles. The molecule has 0 saturated heterocycles. The minimum Gasteiger partial charge on any atom is -0.493 e. The van der Waals surface area contributed by atoms with Crippen LogP contribution >= 0.6 is 0 Å². The molecule has 0 atom stereocenters. The molecule has 2 N–H and O–H groups in total. The van der Waals surface area contributed by atoms with Gasteiger partial charge in [0.25, 0.3) is 0 Å². The first kappa shape index (κ1) is 16.6. The molecule has 1 amide bonds. The number of ether oxygens (including phenoxy) is 2. The van der Waals surface area contributed by atoms with Crippen LogP contribution in [0.1, 0.15) is 6.42 Å². The van der Waals surface area contributed by atoms with Gasteiger partial charge in [0, 0.05) is 30.4 Å². The topological polar surface area (TPSA) is 59.6 Å². The van der Waals surface area contributed by atoms with Gasteiger partial charge < -0.3 is 20.1 Å². The molecule has 0 fully saturated rings. The van der Waals surface area contributed by atoms with Crippen molar-refractivity contribution in [2.45, 2.75) is 6.42 Å². The van der Waals surface area contributed by atoms with E-state index in [9.17, 15) is 9.18 Å². The normalized spacial score (nSPS) is 10.0. The summed E-state index contributed by atoms with van der Waals surface area (Å²) in [5.41, 5.74) is 1.40. The lowest BCUT2D eigenvalue weighted by Gasteiger charge is -2.11. The van der Waals surface area contributed by atoms with Crippen LogP contribution in [0.15, 0.2) is 42.5 Å². The fourth-order valence-electron chi connectivity index (χ4n) is 2.03. The van der Waals surface area contributed by atoms with Gasteiger partial charge in [-0.2, -0.15) is 0 Å². The number of carbonyl (C=O) groups excluding carboxylic acids is 1. The Morgan fingerprint density at radius 1 is 1.00 bits per heavy atom. The Morgan fingerprint density at radius 2 is 1.65 bits per heavy atom. The second-order valence-corrected chi connectivity index (χ2v) is 4.80. The van der Waals surface area contributed by atoms with Gasteiger partial charge in [-0.25, -0.2) is 4.39 Å². The molecule has 5 nitrogen and oxygen atoms in total. The molecule has 0 heterocycles. The summed E-state index contributed by atoms with van der Waals surface area (Å²) in [7, 11) is 3.09. The third kappa shape index (κ3) is 4.88. The van der Waals surface area contributed by atoms with Gasteiger partial charge in [0.15, 0.2) is 11.5 Å². The van der Waals surface area contributed by atoms with Gasteiger partial charge in [-0.15, -0.1) is 0 Å². The molecule has 2 aromatic rings. The van der Waals surface area contributed by atoms with Crippen LogP contribution in [0, 0.1) is 5.82 Å². The van der Waals surface area contributed by atoms with Crippen molar-refractivity contribution in [2.75, 3.05) is 31.4 Å². The summed E-state index contributed by atoms with van der Waals surface area (Å²) in [5, 5.41) is 5.85. The van der Waals surface area contributed by atoms with E-state index in [1.54, 1.807) is 37.4 Å². The number of carbonyl (C=O) groups is 1. The minimum absolute atomic E-state index is 0.133. The summed E-state index contributed by atoms with van der Waals surface area (Å²) in [4.78, 5) is 11.9. The highest BCUT2D eigenvalue weighted by Gasteiger charge is 2.07. The summed E-state index contributed by atoms with van der Waals surface area (Å²) in [5.74, 6) is 0.729. The van der Waals surface area contributed by atoms with Gasteiger partial charge in [0.1, 0.15) is 5.82 Å². The lowest BCUT2D eigenvalue weighted by atomic mass is 10.2. The van der Waals surface area contributed by atoms with Crippen LogP contribution in [-0.4, -0.2) is 26.7 Å². The Kier molecular flexibility index (Phi) is 5.80. The van der Waals surface area contributed by atoms with Gasteiger partial charge in [-0.05, 0) is 36.4 Å². The zero-order valence-electron chi connectivity index (χ0n) is 13.1. The molecular formula is C17H19FN2O3. The Bertz CT molecular complexity index is 659. The number of methoxy groups -OCH3 is 2. The van der Waals surface area contributed by atoms with Gasteiger partial charge in [-0.3, -0.25) is 4.79 Å². The highest BCUT2D eigenvalue weighted by molar-refractivity contribution is 5.91. The van der Waals surface area contributed by atoms with Crippen LogP contribution < -0.4 is 20.1 Å². The van der Waals surface area contributed by atoms with Crippen LogP contribution in [0.4, 0.5) is 15.8 Å². The maximum Gasteiger partial charge on any atom is 0.226 e. The predicted octanol–water partition coefficient (Wildman–Crippen LogP) is 3.28. The average molecular weight is 318 g/mol. The maximum absolute atomic E-state index is 12.8. The first-order chi connectivity index (χ1) is 11.1. The number of anilines is 2. The molecule has 0 aliphatic heterocycles. The Labute approximate surface area is 134 Å². The first-order valence-corrected chi connectivity index (χ1v) is 7.13. The zero-order valence-corrected chi connectivity index (χ0v) is 13.1. The van der Waals surface area contributed by atoms with E-state index < -0.39 is 0 Å². The molecule has 2 aromatic carbocycles. The van der Waals surface area contributed by atoms with Crippen molar-refractivity contribution in [1.82, 2.24) is 0 Å². The van der Waals surface area contributed by atoms with E-state index in [1.807, 2.05) is 0 Å². The van der Waals surface area contributed by atoms with Gasteiger partial charge in [0.05, 0.1) is 14.2 Å². The lowest BCUT2D eigenvalue weighted by molar-refractivity contribution is -0.115. The number of nitrogens with one attached hydrogen (secondary N) is 2. The number of hydrogen-bond donors (Lipinski definition) is 2. The molecule has 0 radical (unpaired) electrons. The molecule has 0 spiro atoms. The zero-order chi connectivity index (χ0) is 16.7. The monoisotopic (exact) mass is 318 g/mol. The second-order valence-electron chi connectivity index (χ2n) is 4.80. The number of halogens is 1. The summed E-state index contributed by atoms with van der Waals surface area (Å²) >= 11 is 0. The smallest absolute Gasteiger partial charge is 0.226 e. The largest absolute Gasteiger partial charge is 0.493 e. The molecule has 0 unspecified atom stereocenters. The van der Waals surface area contributed by atoms with Crippen LogP contribution in [0.25, 0.3) is 0 Å². The predicted molar refractivity (Wildman–Crippen MR) is 87.7 cm³/mol. The summed E-state index contributed by atoms with van der Waals surface area (Å²) < 4.78 is 23.1. The molecule has 6 heteroatoms. The Morgan fingerprint density at radius 3 is 2.30 bits per heavy atom. The first-order valence-electron chi connectivity index (χ1n) is 7.13. The van der Waals surface area contributed by atoms with Crippen LogP contribution in [0.3, 0.4) is 0 Å². The Hall–Kier alpha value is -2.76. The van der Waals surface area contributed by atoms with Crippen LogP contribution in [0.2, 0.25) is 0 Å². The van der Waals surface area contributed by atoms with Crippen molar-refractivity contribution in [2.24, 2.45) is 0 Å². The van der Waals surface area contributed by atoms with Crippen molar-refractivity contribution in [1.29, 1.82) is 0 Å². The van der Waals surface area contributed by atoms with E-state index in [0.29, 0.717) is 23.7 Å². The third-order valence-corrected chi connectivity index (χ3v) is 3.19. The van der Waals surface area contributed by atoms with Crippen molar-refractivity contribution >= 4 is 17.3 Å². The molecule has 23 heavy (non-hydrogen) atoms. The molecular weight excluding hydrogens is 299 g/mol. The average Bonchev–Trinajstić information content (AvgIpc) is 2.56. The molecule has 0 aliphatic carbocycles. The van der Waals surface area contributed by atoms with Gasteiger partial charge in [0.2, 0.25) is 5.91 Å². The fraction of sp³-hybridized carbons (Fsp3) is 0.235. The van der Waals surface area contributed by atoms with Crippen molar-refractivity contribution in [3.63, 3.8) is 0 Å². The van der Waals surface area contributed by atoms with E-state index in [-0.39, 0.29) is 18.1 Å². The van der Waals surface area contributed by atoms with E-state index in [4.69, 9.17) is 9.47 Å². The number of rotatable bonds is 7. The molecule has 0 bridgehead atoms. The van der Waals surface area contributed by atoms with Crippen molar-refractivity contribution < 1.29 is 18.7 Å². The lowest BCUT2D eigenvalue weighted by Crippen LogP contribution is -2.16. The van der Waals surface area contributed by atoms with E-state index >= 15 is 0 Å².